The Morgan fingerprint density at radius 3 is 2.88 bits per heavy atom. The summed E-state index contributed by atoms with van der Waals surface area (Å²) in [7, 11) is 0. The van der Waals surface area contributed by atoms with Crippen molar-refractivity contribution in [2.45, 2.75) is 25.7 Å². The standard InChI is InChI=1S/C18H18FN3OS2/c1-10-15-12(19)3-2-4-13(15)24-16(10)17(23)22-18-21-9-14(25-18)11-5-7-20-8-6-11/h2-4,9,11,20H,5-8H2,1H3,(H,21,22,23). The smallest absolute Gasteiger partial charge is 0.267 e. The van der Waals surface area contributed by atoms with Crippen molar-refractivity contribution in [1.82, 2.24) is 10.3 Å². The van der Waals surface area contributed by atoms with Crippen LogP contribution in [0.3, 0.4) is 0 Å². The van der Waals surface area contributed by atoms with Crippen LogP contribution >= 0.6 is 22.7 Å². The zero-order chi connectivity index (χ0) is 17.4. The zero-order valence-corrected chi connectivity index (χ0v) is 15.4. The number of hydrogen-bond donors (Lipinski definition) is 2. The highest BCUT2D eigenvalue weighted by Crippen LogP contribution is 2.35. The average molecular weight is 375 g/mol. The van der Waals surface area contributed by atoms with Gasteiger partial charge in [-0.3, -0.25) is 10.1 Å². The lowest BCUT2D eigenvalue weighted by atomic mass is 9.97. The number of fused-ring (bicyclic) bond motifs is 1. The molecule has 25 heavy (non-hydrogen) atoms. The molecule has 130 valence electrons. The molecule has 1 amide bonds. The first kappa shape index (κ1) is 16.6. The van der Waals surface area contributed by atoms with E-state index in [2.05, 4.69) is 15.6 Å². The van der Waals surface area contributed by atoms with Crippen molar-refractivity contribution in [3.05, 3.63) is 45.5 Å². The number of thiophene rings is 1. The fourth-order valence-electron chi connectivity index (χ4n) is 3.26. The van der Waals surface area contributed by atoms with Gasteiger partial charge in [-0.25, -0.2) is 9.37 Å². The van der Waals surface area contributed by atoms with E-state index < -0.39 is 0 Å². The second kappa shape index (κ2) is 6.82. The molecule has 7 heteroatoms. The molecular weight excluding hydrogens is 357 g/mol. The highest BCUT2D eigenvalue weighted by molar-refractivity contribution is 7.21. The van der Waals surface area contributed by atoms with Gasteiger partial charge in [-0.05, 0) is 56.5 Å². The van der Waals surface area contributed by atoms with Gasteiger partial charge in [0.1, 0.15) is 5.82 Å². The quantitative estimate of drug-likeness (QED) is 0.707. The fourth-order valence-corrected chi connectivity index (χ4v) is 5.36. The van der Waals surface area contributed by atoms with E-state index in [9.17, 15) is 9.18 Å². The number of hydrogen-bond acceptors (Lipinski definition) is 5. The minimum atomic E-state index is -0.284. The summed E-state index contributed by atoms with van der Waals surface area (Å²) < 4.78 is 14.8. The van der Waals surface area contributed by atoms with Gasteiger partial charge in [0.15, 0.2) is 5.13 Å². The summed E-state index contributed by atoms with van der Waals surface area (Å²) in [4.78, 5) is 18.7. The summed E-state index contributed by atoms with van der Waals surface area (Å²) in [6.45, 7) is 3.84. The Hall–Kier alpha value is -1.83. The number of aromatic nitrogens is 1. The SMILES string of the molecule is Cc1c(C(=O)Nc2ncc(C3CCNCC3)s2)sc2cccc(F)c12. The number of anilines is 1. The molecule has 0 atom stereocenters. The Bertz CT molecular complexity index is 928. The van der Waals surface area contributed by atoms with Crippen molar-refractivity contribution in [1.29, 1.82) is 0 Å². The van der Waals surface area contributed by atoms with Gasteiger partial charge in [-0.15, -0.1) is 22.7 Å². The molecule has 1 aliphatic rings. The van der Waals surface area contributed by atoms with Crippen LogP contribution in [-0.2, 0) is 0 Å². The van der Waals surface area contributed by atoms with Crippen LogP contribution in [0, 0.1) is 12.7 Å². The number of aryl methyl sites for hydroxylation is 1. The first-order valence-electron chi connectivity index (χ1n) is 8.29. The molecule has 0 unspecified atom stereocenters. The van der Waals surface area contributed by atoms with Crippen molar-refractivity contribution in [2.75, 3.05) is 18.4 Å². The molecule has 4 nitrogen and oxygen atoms in total. The highest BCUT2D eigenvalue weighted by Gasteiger charge is 2.21. The van der Waals surface area contributed by atoms with Gasteiger partial charge < -0.3 is 5.32 Å². The summed E-state index contributed by atoms with van der Waals surface area (Å²) in [5.41, 5.74) is 0.686. The van der Waals surface area contributed by atoms with Crippen molar-refractivity contribution in [3.63, 3.8) is 0 Å². The molecule has 3 aromatic rings. The molecule has 0 spiro atoms. The molecule has 3 heterocycles. The molecule has 1 fully saturated rings. The number of halogens is 1. The number of carbonyl (C=O) groups excluding carboxylic acids is 1. The van der Waals surface area contributed by atoms with Crippen LogP contribution in [0.25, 0.3) is 10.1 Å². The number of amides is 1. The van der Waals surface area contributed by atoms with E-state index >= 15 is 0 Å². The van der Waals surface area contributed by atoms with E-state index in [4.69, 9.17) is 0 Å². The van der Waals surface area contributed by atoms with Gasteiger partial charge in [-0.2, -0.15) is 0 Å². The average Bonchev–Trinajstić information content (AvgIpc) is 3.21. The second-order valence-corrected chi connectivity index (χ2v) is 8.33. The van der Waals surface area contributed by atoms with E-state index in [-0.39, 0.29) is 11.7 Å². The van der Waals surface area contributed by atoms with Gasteiger partial charge in [0, 0.05) is 21.2 Å². The molecule has 2 aromatic heterocycles. The van der Waals surface area contributed by atoms with Gasteiger partial charge in [0.05, 0.1) is 4.88 Å². The summed E-state index contributed by atoms with van der Waals surface area (Å²) >= 11 is 2.85. The largest absolute Gasteiger partial charge is 0.317 e. The van der Waals surface area contributed by atoms with Crippen LogP contribution in [0.5, 0.6) is 0 Å². The maximum Gasteiger partial charge on any atom is 0.267 e. The van der Waals surface area contributed by atoms with Gasteiger partial charge in [-0.1, -0.05) is 6.07 Å². The third-order valence-electron chi connectivity index (χ3n) is 4.59. The predicted octanol–water partition coefficient (Wildman–Crippen LogP) is 4.52. The molecule has 0 radical (unpaired) electrons. The molecule has 1 aromatic carbocycles. The van der Waals surface area contributed by atoms with E-state index in [0.717, 1.165) is 30.6 Å². The lowest BCUT2D eigenvalue weighted by Gasteiger charge is -2.20. The number of piperidine rings is 1. The summed E-state index contributed by atoms with van der Waals surface area (Å²) in [6, 6.07) is 4.93. The number of nitrogens with one attached hydrogen (secondary N) is 2. The van der Waals surface area contributed by atoms with E-state index in [1.165, 1.54) is 33.6 Å². The molecule has 4 rings (SSSR count). The molecule has 2 N–H and O–H groups in total. The number of rotatable bonds is 3. The zero-order valence-electron chi connectivity index (χ0n) is 13.8. The molecule has 1 saturated heterocycles. The van der Waals surface area contributed by atoms with E-state index in [1.54, 1.807) is 13.0 Å². The van der Waals surface area contributed by atoms with Crippen LogP contribution < -0.4 is 10.6 Å². The molecular formula is C18H18FN3OS2. The Morgan fingerprint density at radius 1 is 1.32 bits per heavy atom. The second-order valence-electron chi connectivity index (χ2n) is 6.22. The minimum Gasteiger partial charge on any atom is -0.317 e. The monoisotopic (exact) mass is 375 g/mol. The Labute approximate surface area is 153 Å². The normalized spacial score (nSPS) is 15.6. The van der Waals surface area contributed by atoms with Crippen molar-refractivity contribution < 1.29 is 9.18 Å². The van der Waals surface area contributed by atoms with Crippen molar-refractivity contribution in [3.8, 4) is 0 Å². The maximum atomic E-state index is 14.0. The predicted molar refractivity (Wildman–Crippen MR) is 101 cm³/mol. The Kier molecular flexibility index (Phi) is 4.54. The molecule has 0 saturated carbocycles. The minimum absolute atomic E-state index is 0.218. The summed E-state index contributed by atoms with van der Waals surface area (Å²) in [6.07, 6.45) is 4.07. The van der Waals surface area contributed by atoms with E-state index in [0.29, 0.717) is 26.9 Å². The van der Waals surface area contributed by atoms with Crippen molar-refractivity contribution >= 4 is 43.8 Å². The molecule has 1 aliphatic heterocycles. The van der Waals surface area contributed by atoms with Gasteiger partial charge >= 0.3 is 0 Å². The lowest BCUT2D eigenvalue weighted by molar-refractivity contribution is 0.103. The van der Waals surface area contributed by atoms with Crippen molar-refractivity contribution in [2.24, 2.45) is 0 Å². The Morgan fingerprint density at radius 2 is 2.12 bits per heavy atom. The number of benzene rings is 1. The molecule has 0 aliphatic carbocycles. The molecule has 0 bridgehead atoms. The fraction of sp³-hybridized carbons (Fsp3) is 0.333. The number of carbonyl (C=O) groups is 1. The third-order valence-corrected chi connectivity index (χ3v) is 6.93. The van der Waals surface area contributed by atoms with Gasteiger partial charge in [0.2, 0.25) is 0 Å². The van der Waals surface area contributed by atoms with Crippen LogP contribution in [0.1, 0.15) is 38.9 Å². The van der Waals surface area contributed by atoms with Crippen LogP contribution in [0.4, 0.5) is 9.52 Å². The van der Waals surface area contributed by atoms with E-state index in [1.807, 2.05) is 12.3 Å². The summed E-state index contributed by atoms with van der Waals surface area (Å²) in [5.74, 6) is 0.0154. The first-order valence-corrected chi connectivity index (χ1v) is 9.92. The van der Waals surface area contributed by atoms with Crippen LogP contribution in [0.2, 0.25) is 0 Å². The van der Waals surface area contributed by atoms with Crippen LogP contribution in [-0.4, -0.2) is 24.0 Å². The number of thiazole rings is 1. The number of nitrogens with zero attached hydrogens (tertiary/aromatic N) is 1. The summed E-state index contributed by atoms with van der Waals surface area (Å²) in [5, 5.41) is 7.38. The first-order chi connectivity index (χ1) is 12.1. The maximum absolute atomic E-state index is 14.0. The third kappa shape index (κ3) is 3.19. The topological polar surface area (TPSA) is 54.0 Å². The van der Waals surface area contributed by atoms with Gasteiger partial charge in [0.25, 0.3) is 5.91 Å². The highest BCUT2D eigenvalue weighted by atomic mass is 32.1. The Balaban J connectivity index is 1.55. The van der Waals surface area contributed by atoms with Crippen LogP contribution in [0.15, 0.2) is 24.4 Å². The lowest BCUT2D eigenvalue weighted by Crippen LogP contribution is -2.26.